The van der Waals surface area contributed by atoms with Crippen molar-refractivity contribution < 1.29 is 45.2 Å². The second-order valence-electron chi connectivity index (χ2n) is 14.1. The molecule has 2 unspecified atom stereocenters. The number of rotatable bonds is 14. The molecule has 11 nitrogen and oxygen atoms in total. The third-order valence-electron chi connectivity index (χ3n) is 9.46. The van der Waals surface area contributed by atoms with E-state index in [1.54, 1.807) is 6.08 Å². The normalized spacial score (nSPS) is 19.1. The van der Waals surface area contributed by atoms with Crippen LogP contribution in [0.4, 0.5) is 5.69 Å². The second kappa shape index (κ2) is 15.8. The standard InChI is InChI=1S/C38H48N2O9S2/c1-7-39(8-2)27-17-19-30-31(37(3,4)5)25-28(49-34(30)24-27)14-10-9-11-15-35-38(6,21-12-16-36(41)42)32-26-29(51(46,47)48)18-20-33(32)40(35)22-13-23-50(43,44)45/h9-11,14-15,17-20,24-26H,7-8,12-13,16,21-23H2,1-6H3,(H2-,41,42,43,44,45,46,47,48). The maximum absolute atomic E-state index is 12.0. The third kappa shape index (κ3) is 9.72. The summed E-state index contributed by atoms with van der Waals surface area (Å²) in [7, 11) is -9.27. The van der Waals surface area contributed by atoms with Gasteiger partial charge < -0.3 is 18.6 Å². The van der Waals surface area contributed by atoms with Crippen molar-refractivity contribution in [2.75, 3.05) is 25.4 Å². The summed E-state index contributed by atoms with van der Waals surface area (Å²) in [6.45, 7) is 14.5. The Morgan fingerprint density at radius 3 is 2.29 bits per heavy atom. The average molecular weight is 741 g/mol. The van der Waals surface area contributed by atoms with Crippen molar-refractivity contribution in [1.29, 1.82) is 0 Å². The molecular weight excluding hydrogens is 693 g/mol. The number of hydrogen-bond acceptors (Lipinski definition) is 8. The van der Waals surface area contributed by atoms with E-state index in [0.29, 0.717) is 28.3 Å². The Kier molecular flexibility index (Phi) is 12.4. The summed E-state index contributed by atoms with van der Waals surface area (Å²) in [6, 6.07) is 12.4. The van der Waals surface area contributed by atoms with Crippen LogP contribution in [0, 0.1) is 0 Å². The van der Waals surface area contributed by atoms with Gasteiger partial charge in [-0.15, -0.1) is 0 Å². The fourth-order valence-corrected chi connectivity index (χ4v) is 7.91. The fourth-order valence-electron chi connectivity index (χ4n) is 6.91. The van der Waals surface area contributed by atoms with Crippen molar-refractivity contribution >= 4 is 38.0 Å². The van der Waals surface area contributed by atoms with Crippen LogP contribution in [0.25, 0.3) is 17.4 Å². The van der Waals surface area contributed by atoms with Crippen molar-refractivity contribution in [3.63, 3.8) is 0 Å². The molecule has 0 aromatic heterocycles. The first-order chi connectivity index (χ1) is 23.8. The predicted octanol–water partition coefficient (Wildman–Crippen LogP) is 4.53. The van der Waals surface area contributed by atoms with Gasteiger partial charge in [-0.2, -0.15) is 0 Å². The van der Waals surface area contributed by atoms with Crippen LogP contribution < -0.4 is 14.8 Å². The number of nitrogens with zero attached hydrogens (tertiary/aromatic N) is 1. The third-order valence-corrected chi connectivity index (χ3v) is 11.1. The molecule has 2 atom stereocenters. The summed E-state index contributed by atoms with van der Waals surface area (Å²) in [5, 5.41) is 10.4. The minimum Gasteiger partial charge on any atom is -0.748 e. The zero-order valence-electron chi connectivity index (χ0n) is 30.1. The molecule has 0 saturated heterocycles. The zero-order valence-corrected chi connectivity index (χ0v) is 31.7. The summed E-state index contributed by atoms with van der Waals surface area (Å²) >= 11 is 0. The molecule has 4 rings (SSSR count). The number of hydrogen-bond donors (Lipinski definition) is 2. The summed E-state index contributed by atoms with van der Waals surface area (Å²) in [4.78, 5) is 11.7. The molecule has 3 aliphatic rings. The number of nitrogens with one attached hydrogen (secondary N) is 1. The Bertz CT molecular complexity index is 2120. The van der Waals surface area contributed by atoms with E-state index in [4.69, 9.17) is 4.42 Å². The molecule has 1 aliphatic carbocycles. The van der Waals surface area contributed by atoms with Gasteiger partial charge in [-0.3, -0.25) is 9.69 Å². The Morgan fingerprint density at radius 1 is 0.980 bits per heavy atom. The lowest BCUT2D eigenvalue weighted by atomic mass is 9.77. The summed E-state index contributed by atoms with van der Waals surface area (Å²) < 4.78 is 78.9. The first kappa shape index (κ1) is 39.9. The Labute approximate surface area is 301 Å². The highest BCUT2D eigenvalue weighted by Gasteiger charge is 2.48. The van der Waals surface area contributed by atoms with E-state index in [2.05, 4.69) is 57.4 Å². The molecule has 1 aromatic carbocycles. The molecular formula is C38H48N2O9S2. The maximum Gasteiger partial charge on any atom is 0.303 e. The molecule has 0 saturated carbocycles. The van der Waals surface area contributed by atoms with E-state index in [-0.39, 0.29) is 31.2 Å². The number of benzene rings is 2. The van der Waals surface area contributed by atoms with Gasteiger partial charge in [0.15, 0.2) is 0 Å². The van der Waals surface area contributed by atoms with Crippen LogP contribution in [-0.4, -0.2) is 62.4 Å². The summed E-state index contributed by atoms with van der Waals surface area (Å²) in [6.07, 6.45) is 9.62. The number of carbonyl (C=O) groups is 1. The van der Waals surface area contributed by atoms with Gasteiger partial charge in [0.1, 0.15) is 46.1 Å². The highest BCUT2D eigenvalue weighted by atomic mass is 32.2. The molecule has 0 amide bonds. The van der Waals surface area contributed by atoms with Crippen molar-refractivity contribution in [3.05, 3.63) is 94.7 Å². The molecule has 0 fully saturated rings. The molecule has 51 heavy (non-hydrogen) atoms. The first-order valence-corrected chi connectivity index (χ1v) is 20.1. The number of carboxylic acid groups (broad SMARTS) is 1. The number of allylic oxidation sites excluding steroid dienone is 5. The van der Waals surface area contributed by atoms with E-state index in [1.807, 2.05) is 37.3 Å². The maximum atomic E-state index is 12.0. The number of aliphatic carboxylic acids is 1. The van der Waals surface area contributed by atoms with Crippen molar-refractivity contribution in [2.45, 2.75) is 83.0 Å². The molecule has 2 N–H and O–H groups in total. The Hall–Kier alpha value is -3.88. The van der Waals surface area contributed by atoms with Crippen LogP contribution in [0.15, 0.2) is 81.8 Å². The lowest BCUT2D eigenvalue weighted by Gasteiger charge is -2.26. The van der Waals surface area contributed by atoms with Crippen molar-refractivity contribution in [1.82, 2.24) is 4.58 Å². The number of quaternary nitrogens is 1. The second-order valence-corrected chi connectivity index (χ2v) is 17.0. The van der Waals surface area contributed by atoms with Crippen molar-refractivity contribution in [2.24, 2.45) is 0 Å². The summed E-state index contributed by atoms with van der Waals surface area (Å²) in [5.74, 6) is -0.128. The van der Waals surface area contributed by atoms with Gasteiger partial charge in [0, 0.05) is 41.9 Å². The van der Waals surface area contributed by atoms with Crippen LogP contribution in [0.2, 0.25) is 0 Å². The van der Waals surface area contributed by atoms with E-state index in [0.717, 1.165) is 41.0 Å². The van der Waals surface area contributed by atoms with Gasteiger partial charge in [-0.1, -0.05) is 39.0 Å². The highest BCUT2D eigenvalue weighted by molar-refractivity contribution is 7.86. The molecule has 0 radical (unpaired) electrons. The van der Waals surface area contributed by atoms with Gasteiger partial charge in [0.05, 0.1) is 33.0 Å². The largest absolute Gasteiger partial charge is 0.748 e. The molecule has 276 valence electrons. The van der Waals surface area contributed by atoms with Gasteiger partial charge in [0.25, 0.3) is 0 Å². The topological polar surface area (TPSA) is 172 Å². The quantitative estimate of drug-likeness (QED) is 0.137. The van der Waals surface area contributed by atoms with Gasteiger partial charge in [0.2, 0.25) is 5.36 Å². The van der Waals surface area contributed by atoms with Gasteiger partial charge in [-0.05, 0) is 81.0 Å². The minimum absolute atomic E-state index is 0.0317. The van der Waals surface area contributed by atoms with Crippen molar-refractivity contribution in [3.8, 4) is 11.3 Å². The average Bonchev–Trinajstić information content (AvgIpc) is 3.25. The van der Waals surface area contributed by atoms with Gasteiger partial charge >= 0.3 is 5.97 Å². The number of fused-ring (bicyclic) bond motifs is 2. The predicted molar refractivity (Wildman–Crippen MR) is 195 cm³/mol. The molecule has 0 spiro atoms. The molecule has 2 aliphatic heterocycles. The molecule has 0 bridgehead atoms. The minimum atomic E-state index is -4.79. The lowest BCUT2D eigenvalue weighted by Crippen LogP contribution is -3.05. The number of carboxylic acids is 1. The fraction of sp³-hybridized carbons (Fsp3) is 0.421. The summed E-state index contributed by atoms with van der Waals surface area (Å²) in [5.41, 5.74) is 3.02. The van der Waals surface area contributed by atoms with Crippen LogP contribution >= 0.6 is 0 Å². The Morgan fingerprint density at radius 2 is 1.69 bits per heavy atom. The van der Waals surface area contributed by atoms with Crippen LogP contribution in [0.1, 0.15) is 84.1 Å². The highest BCUT2D eigenvalue weighted by Crippen LogP contribution is 2.44. The van der Waals surface area contributed by atoms with Gasteiger partial charge in [-0.25, -0.2) is 21.4 Å². The first-order valence-electron chi connectivity index (χ1n) is 17.1. The van der Waals surface area contributed by atoms with Crippen LogP contribution in [0.3, 0.4) is 0 Å². The van der Waals surface area contributed by atoms with Crippen LogP contribution in [0.5, 0.6) is 0 Å². The Balaban J connectivity index is 1.78. The SMILES string of the molecule is CC[N+](CC)=c1ccc2c(C(C)(C)C)cc(/C=C/C=C/C=C3\[NH+](CCCS(=O)(=O)[O-])c4ccc(S(=O)(=O)[O-])cc4C3(C)CCCC(=O)O)oc-2c1. The smallest absolute Gasteiger partial charge is 0.303 e. The lowest BCUT2D eigenvalue weighted by molar-refractivity contribution is -0.788. The zero-order chi connectivity index (χ0) is 37.8. The molecule has 1 aromatic rings. The van der Waals surface area contributed by atoms with E-state index in [1.165, 1.54) is 18.2 Å². The molecule has 13 heteroatoms. The monoisotopic (exact) mass is 740 g/mol. The van der Waals surface area contributed by atoms with E-state index in [9.17, 15) is 35.8 Å². The van der Waals surface area contributed by atoms with E-state index < -0.39 is 42.3 Å². The van der Waals surface area contributed by atoms with E-state index >= 15 is 0 Å². The van der Waals surface area contributed by atoms with Crippen LogP contribution in [-0.2, 0) is 35.9 Å². The molecule has 2 heterocycles.